The number of hydrogen-bond donors (Lipinski definition) is 2. The first kappa shape index (κ1) is 20.4. The lowest BCUT2D eigenvalue weighted by Gasteiger charge is -2.27. The summed E-state index contributed by atoms with van der Waals surface area (Å²) in [6, 6.07) is 2.08. The zero-order valence-corrected chi connectivity index (χ0v) is 16.0. The maximum absolute atomic E-state index is 12.3. The van der Waals surface area contributed by atoms with Crippen LogP contribution >= 0.6 is 23.7 Å². The Morgan fingerprint density at radius 1 is 1.35 bits per heavy atom. The number of carbonyl (C=O) groups excluding carboxylic acids is 1. The number of aryl methyl sites for hydroxylation is 2. The molecular weight excluding hydrogens is 330 g/mol. The van der Waals surface area contributed by atoms with E-state index in [0.29, 0.717) is 0 Å². The third-order valence-corrected chi connectivity index (χ3v) is 5.36. The molecule has 0 bridgehead atoms. The zero-order valence-electron chi connectivity index (χ0n) is 14.3. The highest BCUT2D eigenvalue weighted by Gasteiger charge is 2.13. The van der Waals surface area contributed by atoms with Crippen LogP contribution in [0.2, 0.25) is 0 Å². The summed E-state index contributed by atoms with van der Waals surface area (Å²) < 4.78 is 0. The van der Waals surface area contributed by atoms with Gasteiger partial charge in [0, 0.05) is 37.6 Å². The third-order valence-electron chi connectivity index (χ3n) is 4.12. The second-order valence-corrected chi connectivity index (χ2v) is 7.00. The Balaban J connectivity index is 0.00000264. The predicted molar refractivity (Wildman–Crippen MR) is 101 cm³/mol. The number of hydrogen-bond acceptors (Lipinski definition) is 4. The number of carbonyl (C=O) groups is 1. The average molecular weight is 360 g/mol. The van der Waals surface area contributed by atoms with Crippen molar-refractivity contribution >= 4 is 29.7 Å². The number of piperazine rings is 1. The summed E-state index contributed by atoms with van der Waals surface area (Å²) in [6.07, 6.45) is 4.27. The Kier molecular flexibility index (Phi) is 9.79. The van der Waals surface area contributed by atoms with Crippen molar-refractivity contribution in [1.29, 1.82) is 0 Å². The number of nitrogens with zero attached hydrogens (tertiary/aromatic N) is 1. The van der Waals surface area contributed by atoms with Gasteiger partial charge in [-0.3, -0.25) is 4.79 Å². The van der Waals surface area contributed by atoms with Crippen LogP contribution in [-0.4, -0.2) is 50.1 Å². The minimum atomic E-state index is 0. The molecule has 0 atom stereocenters. The van der Waals surface area contributed by atoms with Crippen molar-refractivity contribution in [2.24, 2.45) is 0 Å². The van der Waals surface area contributed by atoms with E-state index in [9.17, 15) is 4.79 Å². The summed E-state index contributed by atoms with van der Waals surface area (Å²) in [4.78, 5) is 17.0. The second-order valence-electron chi connectivity index (χ2n) is 5.86. The number of rotatable bonds is 8. The fourth-order valence-electron chi connectivity index (χ4n) is 2.84. The highest BCUT2D eigenvalue weighted by atomic mass is 35.5. The molecule has 0 radical (unpaired) electrons. The fourth-order valence-corrected chi connectivity index (χ4v) is 4.11. The van der Waals surface area contributed by atoms with Crippen molar-refractivity contribution in [3.8, 4) is 0 Å². The molecule has 1 aliphatic rings. The highest BCUT2D eigenvalue weighted by Crippen LogP contribution is 2.24. The molecule has 23 heavy (non-hydrogen) atoms. The van der Waals surface area contributed by atoms with Gasteiger partial charge in [0.1, 0.15) is 0 Å². The first-order valence-electron chi connectivity index (χ1n) is 8.57. The van der Waals surface area contributed by atoms with Gasteiger partial charge in [-0.1, -0.05) is 20.3 Å². The topological polar surface area (TPSA) is 44.4 Å². The highest BCUT2D eigenvalue weighted by molar-refractivity contribution is 7.14. The van der Waals surface area contributed by atoms with E-state index < -0.39 is 0 Å². The number of thiophene rings is 1. The normalized spacial score (nSPS) is 15.2. The molecule has 0 spiro atoms. The molecule has 2 rings (SSSR count). The van der Waals surface area contributed by atoms with Crippen LogP contribution in [0.4, 0.5) is 0 Å². The Labute approximate surface area is 150 Å². The molecule has 1 aromatic heterocycles. The Hall–Kier alpha value is -0.620. The van der Waals surface area contributed by atoms with Crippen molar-refractivity contribution in [3.05, 3.63) is 21.4 Å². The van der Waals surface area contributed by atoms with E-state index in [1.54, 1.807) is 11.3 Å². The van der Waals surface area contributed by atoms with E-state index in [1.807, 2.05) is 0 Å². The van der Waals surface area contributed by atoms with Crippen molar-refractivity contribution in [1.82, 2.24) is 15.5 Å². The molecule has 1 saturated heterocycles. The Morgan fingerprint density at radius 2 is 2.09 bits per heavy atom. The van der Waals surface area contributed by atoms with Crippen LogP contribution in [-0.2, 0) is 12.8 Å². The smallest absolute Gasteiger partial charge is 0.261 e. The third kappa shape index (κ3) is 6.42. The average Bonchev–Trinajstić information content (AvgIpc) is 2.96. The van der Waals surface area contributed by atoms with Gasteiger partial charge in [-0.05, 0) is 37.4 Å². The molecule has 2 N–H and O–H groups in total. The molecule has 1 fully saturated rings. The molecule has 1 aliphatic heterocycles. The van der Waals surface area contributed by atoms with Gasteiger partial charge in [-0.15, -0.1) is 23.7 Å². The van der Waals surface area contributed by atoms with E-state index in [1.165, 1.54) is 10.4 Å². The number of halogens is 1. The second kappa shape index (κ2) is 11.0. The van der Waals surface area contributed by atoms with Crippen molar-refractivity contribution in [2.45, 2.75) is 39.5 Å². The predicted octanol–water partition coefficient (Wildman–Crippen LogP) is 2.71. The molecule has 4 nitrogen and oxygen atoms in total. The van der Waals surface area contributed by atoms with Crippen LogP contribution in [0.1, 0.15) is 46.8 Å². The van der Waals surface area contributed by atoms with Crippen LogP contribution in [0.25, 0.3) is 0 Å². The standard InChI is InChI=1S/C17H29N3OS.ClH/c1-3-6-15-14(4-2)13-16(22-15)17(21)19-7-5-10-20-11-8-18-9-12-20;/h13,18H,3-12H2,1-2H3,(H,19,21);1H. The Morgan fingerprint density at radius 3 is 2.74 bits per heavy atom. The van der Waals surface area contributed by atoms with Crippen LogP contribution in [0, 0.1) is 0 Å². The van der Waals surface area contributed by atoms with Gasteiger partial charge in [0.25, 0.3) is 5.91 Å². The fraction of sp³-hybridized carbons (Fsp3) is 0.706. The monoisotopic (exact) mass is 359 g/mol. The minimum absolute atomic E-state index is 0. The van der Waals surface area contributed by atoms with Crippen LogP contribution in [0.15, 0.2) is 6.07 Å². The van der Waals surface area contributed by atoms with E-state index >= 15 is 0 Å². The molecule has 2 heterocycles. The van der Waals surface area contributed by atoms with Gasteiger partial charge in [-0.25, -0.2) is 0 Å². The molecule has 0 aliphatic carbocycles. The maximum atomic E-state index is 12.3. The molecule has 1 amide bonds. The molecule has 0 aromatic carbocycles. The molecular formula is C17H30ClN3OS. The van der Waals surface area contributed by atoms with Crippen molar-refractivity contribution in [3.63, 3.8) is 0 Å². The maximum Gasteiger partial charge on any atom is 0.261 e. The van der Waals surface area contributed by atoms with Gasteiger partial charge in [0.05, 0.1) is 4.88 Å². The number of nitrogens with one attached hydrogen (secondary N) is 2. The van der Waals surface area contributed by atoms with Gasteiger partial charge in [0.15, 0.2) is 0 Å². The lowest BCUT2D eigenvalue weighted by Crippen LogP contribution is -2.44. The van der Waals surface area contributed by atoms with Crippen LogP contribution < -0.4 is 10.6 Å². The van der Waals surface area contributed by atoms with Gasteiger partial charge >= 0.3 is 0 Å². The van der Waals surface area contributed by atoms with E-state index in [4.69, 9.17) is 0 Å². The zero-order chi connectivity index (χ0) is 15.8. The van der Waals surface area contributed by atoms with Crippen LogP contribution in [0.3, 0.4) is 0 Å². The summed E-state index contributed by atoms with van der Waals surface area (Å²) in [5.74, 6) is 0.0994. The van der Waals surface area contributed by atoms with Gasteiger partial charge < -0.3 is 15.5 Å². The summed E-state index contributed by atoms with van der Waals surface area (Å²) >= 11 is 1.67. The van der Waals surface area contributed by atoms with E-state index in [2.05, 4.69) is 35.4 Å². The summed E-state index contributed by atoms with van der Waals surface area (Å²) in [5.41, 5.74) is 1.35. The lowest BCUT2D eigenvalue weighted by molar-refractivity contribution is 0.0955. The van der Waals surface area contributed by atoms with Crippen molar-refractivity contribution < 1.29 is 4.79 Å². The quantitative estimate of drug-likeness (QED) is 0.701. The van der Waals surface area contributed by atoms with Crippen molar-refractivity contribution in [2.75, 3.05) is 39.3 Å². The summed E-state index contributed by atoms with van der Waals surface area (Å²) in [5, 5.41) is 6.43. The minimum Gasteiger partial charge on any atom is -0.351 e. The molecule has 132 valence electrons. The van der Waals surface area contributed by atoms with Gasteiger partial charge in [0.2, 0.25) is 0 Å². The number of amides is 1. The molecule has 0 saturated carbocycles. The first-order chi connectivity index (χ1) is 10.7. The van der Waals surface area contributed by atoms with Gasteiger partial charge in [-0.2, -0.15) is 0 Å². The summed E-state index contributed by atoms with van der Waals surface area (Å²) in [7, 11) is 0. The van der Waals surface area contributed by atoms with E-state index in [-0.39, 0.29) is 18.3 Å². The molecule has 1 aromatic rings. The largest absolute Gasteiger partial charge is 0.351 e. The SMILES string of the molecule is CCCc1sc(C(=O)NCCCN2CCNCC2)cc1CC.Cl. The lowest BCUT2D eigenvalue weighted by atomic mass is 10.1. The summed E-state index contributed by atoms with van der Waals surface area (Å²) in [6.45, 7) is 10.6. The molecule has 0 unspecified atom stereocenters. The molecule has 6 heteroatoms. The van der Waals surface area contributed by atoms with Crippen LogP contribution in [0.5, 0.6) is 0 Å². The Bertz CT molecular complexity index is 472. The van der Waals surface area contributed by atoms with E-state index in [0.717, 1.165) is 69.8 Å². The first-order valence-corrected chi connectivity index (χ1v) is 9.39.